The highest BCUT2D eigenvalue weighted by Gasteiger charge is 2.46. The van der Waals surface area contributed by atoms with Crippen LogP contribution in [0.4, 0.5) is 5.13 Å². The van der Waals surface area contributed by atoms with E-state index < -0.39 is 23.5 Å². The van der Waals surface area contributed by atoms with Crippen molar-refractivity contribution in [2.24, 2.45) is 0 Å². The van der Waals surface area contributed by atoms with Gasteiger partial charge >= 0.3 is 0 Å². The molecule has 3 heterocycles. The number of halogens is 1. The number of rotatable bonds is 10. The van der Waals surface area contributed by atoms with E-state index in [9.17, 15) is 14.7 Å². The van der Waals surface area contributed by atoms with Gasteiger partial charge in [-0.25, -0.2) is 0 Å². The van der Waals surface area contributed by atoms with Crippen LogP contribution in [0, 0.1) is 0 Å². The zero-order valence-corrected chi connectivity index (χ0v) is 24.0. The summed E-state index contributed by atoms with van der Waals surface area (Å²) in [7, 11) is 1.51. The van der Waals surface area contributed by atoms with Crippen molar-refractivity contribution in [2.75, 3.05) is 18.6 Å². The number of nitrogens with zero attached hydrogens (tertiary/aromatic N) is 3. The maximum absolute atomic E-state index is 13.6. The number of ether oxygens (including phenoxy) is 2. The van der Waals surface area contributed by atoms with E-state index in [2.05, 4.69) is 10.2 Å². The van der Waals surface area contributed by atoms with Gasteiger partial charge in [-0.05, 0) is 47.7 Å². The molecule has 8 nitrogen and oxygen atoms in total. The highest BCUT2D eigenvalue weighted by molar-refractivity contribution is 8.00. The van der Waals surface area contributed by atoms with E-state index in [-0.39, 0.29) is 10.7 Å². The molecule has 5 rings (SSSR count). The Labute approximate surface area is 241 Å². The Morgan fingerprint density at radius 2 is 1.97 bits per heavy atom. The van der Waals surface area contributed by atoms with Gasteiger partial charge in [0, 0.05) is 10.8 Å². The fraction of sp³-hybridized carbons (Fsp3) is 0.185. The van der Waals surface area contributed by atoms with Crippen LogP contribution in [0.15, 0.2) is 75.6 Å². The van der Waals surface area contributed by atoms with Crippen LogP contribution in [-0.4, -0.2) is 40.7 Å². The van der Waals surface area contributed by atoms with Crippen LogP contribution >= 0.6 is 46.0 Å². The average Bonchev–Trinajstić information content (AvgIpc) is 3.69. The number of aliphatic hydroxyl groups is 1. The number of aliphatic hydroxyl groups excluding tert-OH is 1. The SMILES string of the molecule is CCOc1ccc(C2C(C(=O)c3cccs3)=C(O)C(=O)N2c2nnc(SCc3ccccc3Cl)s2)cc1OC. The second kappa shape index (κ2) is 11.8. The molecule has 0 bridgehead atoms. The molecule has 0 saturated carbocycles. The number of anilines is 1. The van der Waals surface area contributed by atoms with Crippen LogP contribution < -0.4 is 14.4 Å². The zero-order chi connectivity index (χ0) is 27.5. The summed E-state index contributed by atoms with van der Waals surface area (Å²) < 4.78 is 11.8. The van der Waals surface area contributed by atoms with Crippen molar-refractivity contribution in [3.63, 3.8) is 0 Å². The van der Waals surface area contributed by atoms with Crippen molar-refractivity contribution in [1.29, 1.82) is 0 Å². The van der Waals surface area contributed by atoms with Crippen molar-refractivity contribution in [2.45, 2.75) is 23.1 Å². The molecule has 1 unspecified atom stereocenters. The van der Waals surface area contributed by atoms with Gasteiger partial charge in [-0.3, -0.25) is 14.5 Å². The Morgan fingerprint density at radius 3 is 2.69 bits per heavy atom. The fourth-order valence-corrected chi connectivity index (χ4v) is 6.96. The van der Waals surface area contributed by atoms with Crippen LogP contribution in [0.3, 0.4) is 0 Å². The lowest BCUT2D eigenvalue weighted by Gasteiger charge is -2.24. The molecule has 0 spiro atoms. The summed E-state index contributed by atoms with van der Waals surface area (Å²) in [5.41, 5.74) is 1.46. The first-order valence-corrected chi connectivity index (χ1v) is 14.8. The number of aromatic nitrogens is 2. The maximum Gasteiger partial charge on any atom is 0.296 e. The smallest absolute Gasteiger partial charge is 0.296 e. The number of benzene rings is 2. The summed E-state index contributed by atoms with van der Waals surface area (Å²) in [5, 5.41) is 22.2. The molecule has 1 aliphatic rings. The second-order valence-corrected chi connectivity index (χ2v) is 11.8. The number of carbonyl (C=O) groups is 2. The van der Waals surface area contributed by atoms with E-state index in [4.69, 9.17) is 21.1 Å². The van der Waals surface area contributed by atoms with Gasteiger partial charge in [0.2, 0.25) is 10.9 Å². The molecule has 200 valence electrons. The highest BCUT2D eigenvalue weighted by atomic mass is 35.5. The third kappa shape index (κ3) is 5.40. The van der Waals surface area contributed by atoms with Crippen molar-refractivity contribution < 1.29 is 24.2 Å². The van der Waals surface area contributed by atoms with Gasteiger partial charge in [0.05, 0.1) is 30.2 Å². The molecule has 0 saturated heterocycles. The van der Waals surface area contributed by atoms with Gasteiger partial charge < -0.3 is 14.6 Å². The van der Waals surface area contributed by atoms with Gasteiger partial charge in [-0.15, -0.1) is 21.5 Å². The first kappa shape index (κ1) is 27.2. The predicted octanol–water partition coefficient (Wildman–Crippen LogP) is 6.74. The number of hydrogen-bond donors (Lipinski definition) is 1. The normalized spacial score (nSPS) is 15.2. The Bertz CT molecular complexity index is 1550. The minimum Gasteiger partial charge on any atom is -0.503 e. The lowest BCUT2D eigenvalue weighted by molar-refractivity contribution is -0.117. The van der Waals surface area contributed by atoms with E-state index in [0.29, 0.717) is 43.7 Å². The molecule has 4 aromatic rings. The lowest BCUT2D eigenvalue weighted by Crippen LogP contribution is -2.31. The topological polar surface area (TPSA) is 102 Å². The first-order valence-electron chi connectivity index (χ1n) is 11.8. The third-order valence-electron chi connectivity index (χ3n) is 5.91. The standard InChI is InChI=1S/C27H22ClN3O5S3/c1-3-36-18-11-10-15(13-19(18)35-2)22-21(23(32)20-9-6-12-37-20)24(33)25(34)31(22)26-29-30-27(39-26)38-14-16-7-4-5-8-17(16)28/h4-13,22,33H,3,14H2,1-2H3. The summed E-state index contributed by atoms with van der Waals surface area (Å²) in [4.78, 5) is 28.7. The van der Waals surface area contributed by atoms with Crippen molar-refractivity contribution in [3.05, 3.63) is 92.3 Å². The molecule has 0 fully saturated rings. The monoisotopic (exact) mass is 599 g/mol. The molecule has 39 heavy (non-hydrogen) atoms. The Hall–Kier alpha value is -3.38. The minimum absolute atomic E-state index is 0.0332. The number of hydrogen-bond acceptors (Lipinski definition) is 10. The largest absolute Gasteiger partial charge is 0.503 e. The number of carbonyl (C=O) groups excluding carboxylic acids is 2. The van der Waals surface area contributed by atoms with E-state index in [1.54, 1.807) is 35.7 Å². The third-order valence-corrected chi connectivity index (χ3v) is 9.25. The van der Waals surface area contributed by atoms with Crippen LogP contribution in [-0.2, 0) is 10.5 Å². The van der Waals surface area contributed by atoms with Gasteiger partial charge in [0.15, 0.2) is 21.6 Å². The molecule has 1 amide bonds. The van der Waals surface area contributed by atoms with E-state index in [0.717, 1.165) is 5.56 Å². The molecule has 1 N–H and O–H groups in total. The molecule has 0 aliphatic carbocycles. The lowest BCUT2D eigenvalue weighted by atomic mass is 9.95. The molecule has 0 radical (unpaired) electrons. The number of thiophene rings is 1. The van der Waals surface area contributed by atoms with Gasteiger partial charge in [0.25, 0.3) is 5.91 Å². The highest BCUT2D eigenvalue weighted by Crippen LogP contribution is 2.45. The van der Waals surface area contributed by atoms with E-state index >= 15 is 0 Å². The minimum atomic E-state index is -0.953. The average molecular weight is 600 g/mol. The Balaban J connectivity index is 1.53. The number of amides is 1. The van der Waals surface area contributed by atoms with Gasteiger partial charge in [-0.1, -0.05) is 65.0 Å². The second-order valence-electron chi connectivity index (χ2n) is 8.22. The fourth-order valence-electron chi connectivity index (χ4n) is 4.13. The summed E-state index contributed by atoms with van der Waals surface area (Å²) in [6.07, 6.45) is 0. The summed E-state index contributed by atoms with van der Waals surface area (Å²) in [6.45, 7) is 2.30. The molecular formula is C27H22ClN3O5S3. The quantitative estimate of drug-likeness (QED) is 0.122. The van der Waals surface area contributed by atoms with Crippen LogP contribution in [0.25, 0.3) is 0 Å². The number of methoxy groups -OCH3 is 1. The first-order chi connectivity index (χ1) is 18.9. The molecule has 2 aromatic heterocycles. The molecular weight excluding hydrogens is 578 g/mol. The van der Waals surface area contributed by atoms with Crippen molar-refractivity contribution >= 4 is 62.9 Å². The molecule has 1 aliphatic heterocycles. The predicted molar refractivity (Wildman–Crippen MR) is 154 cm³/mol. The molecule has 1 atom stereocenters. The van der Waals surface area contributed by atoms with Gasteiger partial charge in [-0.2, -0.15) is 0 Å². The summed E-state index contributed by atoms with van der Waals surface area (Å²) in [6, 6.07) is 15.1. The van der Waals surface area contributed by atoms with Crippen molar-refractivity contribution in [1.82, 2.24) is 10.2 Å². The van der Waals surface area contributed by atoms with E-state index in [1.807, 2.05) is 31.2 Å². The Morgan fingerprint density at radius 1 is 1.15 bits per heavy atom. The number of Topliss-reactive ketones (excluding diaryl/α,β-unsaturated/α-hetero) is 1. The van der Waals surface area contributed by atoms with Gasteiger partial charge in [0.1, 0.15) is 0 Å². The summed E-state index contributed by atoms with van der Waals surface area (Å²) >= 11 is 10.1. The summed E-state index contributed by atoms with van der Waals surface area (Å²) in [5.74, 6) is -0.266. The Kier molecular flexibility index (Phi) is 8.22. The van der Waals surface area contributed by atoms with Crippen LogP contribution in [0.2, 0.25) is 5.02 Å². The molecule has 12 heteroatoms. The number of thioether (sulfide) groups is 1. The van der Waals surface area contributed by atoms with Crippen LogP contribution in [0.1, 0.15) is 33.8 Å². The molecule has 2 aromatic carbocycles. The zero-order valence-electron chi connectivity index (χ0n) is 20.8. The number of ketones is 1. The van der Waals surface area contributed by atoms with Crippen molar-refractivity contribution in [3.8, 4) is 11.5 Å². The maximum atomic E-state index is 13.6. The van der Waals surface area contributed by atoms with E-state index in [1.165, 1.54) is 46.4 Å². The van der Waals surface area contributed by atoms with Crippen LogP contribution in [0.5, 0.6) is 11.5 Å².